The van der Waals surface area contributed by atoms with Crippen molar-refractivity contribution in [3.8, 4) is 11.3 Å². The molecule has 1 saturated heterocycles. The highest BCUT2D eigenvalue weighted by Crippen LogP contribution is 2.21. The minimum absolute atomic E-state index is 0.0408. The van der Waals surface area contributed by atoms with Crippen molar-refractivity contribution in [1.82, 2.24) is 14.5 Å². The largest absolute Gasteiger partial charge is 0.352 e. The second-order valence-electron chi connectivity index (χ2n) is 7.46. The first kappa shape index (κ1) is 20.5. The normalized spacial score (nSPS) is 15.3. The van der Waals surface area contributed by atoms with Crippen LogP contribution in [0.3, 0.4) is 0 Å². The Morgan fingerprint density at radius 2 is 1.50 bits per heavy atom. The fourth-order valence-corrected chi connectivity index (χ4v) is 5.15. The van der Waals surface area contributed by atoms with Crippen LogP contribution in [0, 0.1) is 0 Å². The maximum Gasteiger partial charge on any atom is 0.218 e. The molecule has 2 aromatic carbocycles. The third kappa shape index (κ3) is 4.68. The minimum atomic E-state index is -3.32. The van der Waals surface area contributed by atoms with Crippen LogP contribution in [0.2, 0.25) is 0 Å². The van der Waals surface area contributed by atoms with Crippen LogP contribution in [0.5, 0.6) is 0 Å². The van der Waals surface area contributed by atoms with E-state index in [9.17, 15) is 8.42 Å². The summed E-state index contributed by atoms with van der Waals surface area (Å²) in [4.78, 5) is 2.09. The molecular weight excluding hydrogens is 396 g/mol. The van der Waals surface area contributed by atoms with Crippen LogP contribution in [0.15, 0.2) is 66.7 Å². The molecule has 0 N–H and O–H groups in total. The zero-order chi connectivity index (χ0) is 21.0. The molecule has 6 nitrogen and oxygen atoms in total. The number of anilines is 1. The maximum atomic E-state index is 12.7. The molecule has 4 rings (SSSR count). The van der Waals surface area contributed by atoms with E-state index < -0.39 is 10.0 Å². The van der Waals surface area contributed by atoms with Crippen LogP contribution in [0.1, 0.15) is 18.1 Å². The quantitative estimate of drug-likeness (QED) is 0.609. The Morgan fingerprint density at radius 1 is 0.800 bits per heavy atom. The van der Waals surface area contributed by atoms with Gasteiger partial charge < -0.3 is 4.90 Å². The van der Waals surface area contributed by atoms with Crippen molar-refractivity contribution in [1.29, 1.82) is 0 Å². The number of piperazine rings is 1. The lowest BCUT2D eigenvalue weighted by Crippen LogP contribution is -2.49. The van der Waals surface area contributed by atoms with Crippen molar-refractivity contribution >= 4 is 15.8 Å². The van der Waals surface area contributed by atoms with Gasteiger partial charge in [-0.1, -0.05) is 61.5 Å². The molecule has 3 aromatic rings. The van der Waals surface area contributed by atoms with Crippen molar-refractivity contribution in [2.45, 2.75) is 19.1 Å². The van der Waals surface area contributed by atoms with Gasteiger partial charge in [0.05, 0.1) is 11.4 Å². The van der Waals surface area contributed by atoms with Crippen LogP contribution in [-0.4, -0.2) is 49.1 Å². The monoisotopic (exact) mass is 422 g/mol. The van der Waals surface area contributed by atoms with E-state index in [4.69, 9.17) is 0 Å². The Bertz CT molecular complexity index is 1060. The standard InChI is InChI=1S/C23H26N4O2S/c1-2-19-8-10-21(11-9-19)22-12-13-23(25-24-22)26-14-16-27(17-15-26)30(28,29)18-20-6-4-3-5-7-20/h3-13H,2,14-18H2,1H3. The lowest BCUT2D eigenvalue weighted by molar-refractivity contribution is 0.383. The second kappa shape index (κ2) is 8.93. The number of nitrogens with zero attached hydrogens (tertiary/aromatic N) is 4. The van der Waals surface area contributed by atoms with Crippen molar-refractivity contribution < 1.29 is 8.42 Å². The van der Waals surface area contributed by atoms with Crippen LogP contribution in [-0.2, 0) is 22.2 Å². The molecule has 30 heavy (non-hydrogen) atoms. The molecule has 2 heterocycles. The number of hydrogen-bond acceptors (Lipinski definition) is 5. The first-order valence-electron chi connectivity index (χ1n) is 10.2. The lowest BCUT2D eigenvalue weighted by atomic mass is 10.1. The molecule has 1 fully saturated rings. The van der Waals surface area contributed by atoms with Crippen LogP contribution >= 0.6 is 0 Å². The summed E-state index contributed by atoms with van der Waals surface area (Å²) in [5.74, 6) is 0.822. The van der Waals surface area contributed by atoms with Gasteiger partial charge in [-0.15, -0.1) is 10.2 Å². The number of sulfonamides is 1. The average Bonchev–Trinajstić information content (AvgIpc) is 2.80. The van der Waals surface area contributed by atoms with E-state index in [2.05, 4.69) is 46.3 Å². The molecule has 0 aliphatic carbocycles. The zero-order valence-electron chi connectivity index (χ0n) is 17.1. The van der Waals surface area contributed by atoms with Crippen molar-refractivity contribution in [3.63, 3.8) is 0 Å². The SMILES string of the molecule is CCc1ccc(-c2ccc(N3CCN(S(=O)(=O)Cc4ccccc4)CC3)nn2)cc1. The van der Waals surface area contributed by atoms with Crippen LogP contribution in [0.4, 0.5) is 5.82 Å². The third-order valence-electron chi connectivity index (χ3n) is 5.46. The maximum absolute atomic E-state index is 12.7. The van der Waals surface area contributed by atoms with E-state index in [0.29, 0.717) is 26.2 Å². The number of aromatic nitrogens is 2. The number of rotatable bonds is 6. The highest BCUT2D eigenvalue weighted by atomic mass is 32.2. The van der Waals surface area contributed by atoms with E-state index in [0.717, 1.165) is 29.1 Å². The molecule has 0 spiro atoms. The van der Waals surface area contributed by atoms with Crippen molar-refractivity contribution in [2.24, 2.45) is 0 Å². The lowest BCUT2D eigenvalue weighted by Gasteiger charge is -2.34. The molecule has 1 aliphatic heterocycles. The molecule has 1 aliphatic rings. The van der Waals surface area contributed by atoms with Gasteiger partial charge in [-0.3, -0.25) is 0 Å². The molecule has 156 valence electrons. The molecule has 1 aromatic heterocycles. The molecule has 0 amide bonds. The summed E-state index contributed by atoms with van der Waals surface area (Å²) >= 11 is 0. The summed E-state index contributed by atoms with van der Waals surface area (Å²) < 4.78 is 27.0. The number of aryl methyl sites for hydroxylation is 1. The summed E-state index contributed by atoms with van der Waals surface area (Å²) in [6.07, 6.45) is 1.01. The Morgan fingerprint density at radius 3 is 2.10 bits per heavy atom. The molecule has 0 atom stereocenters. The second-order valence-corrected chi connectivity index (χ2v) is 9.42. The van der Waals surface area contributed by atoms with Gasteiger partial charge in [0.1, 0.15) is 0 Å². The van der Waals surface area contributed by atoms with Gasteiger partial charge in [-0.2, -0.15) is 4.31 Å². The summed E-state index contributed by atoms with van der Waals surface area (Å²) in [5.41, 5.74) is 3.99. The number of benzene rings is 2. The van der Waals surface area contributed by atoms with E-state index in [-0.39, 0.29) is 5.75 Å². The molecule has 0 unspecified atom stereocenters. The van der Waals surface area contributed by atoms with Crippen molar-refractivity contribution in [3.05, 3.63) is 77.9 Å². The first-order valence-corrected chi connectivity index (χ1v) is 11.9. The topological polar surface area (TPSA) is 66.4 Å². The van der Waals surface area contributed by atoms with Crippen molar-refractivity contribution in [2.75, 3.05) is 31.1 Å². The summed E-state index contributed by atoms with van der Waals surface area (Å²) in [7, 11) is -3.32. The van der Waals surface area contributed by atoms with E-state index >= 15 is 0 Å². The fraction of sp³-hybridized carbons (Fsp3) is 0.304. The molecule has 7 heteroatoms. The van der Waals surface area contributed by atoms with Crippen LogP contribution < -0.4 is 4.90 Å². The smallest absolute Gasteiger partial charge is 0.218 e. The minimum Gasteiger partial charge on any atom is -0.352 e. The molecule has 0 saturated carbocycles. The predicted molar refractivity (Wildman–Crippen MR) is 120 cm³/mol. The van der Waals surface area contributed by atoms with Gasteiger partial charge in [-0.25, -0.2) is 8.42 Å². The summed E-state index contributed by atoms with van der Waals surface area (Å²) in [6, 6.07) is 21.6. The highest BCUT2D eigenvalue weighted by Gasteiger charge is 2.27. The third-order valence-corrected chi connectivity index (χ3v) is 7.31. The van der Waals surface area contributed by atoms with Gasteiger partial charge in [0.15, 0.2) is 5.82 Å². The Hall–Kier alpha value is -2.77. The van der Waals surface area contributed by atoms with E-state index in [1.165, 1.54) is 5.56 Å². The van der Waals surface area contributed by atoms with Gasteiger partial charge >= 0.3 is 0 Å². The Labute approximate surface area is 178 Å². The van der Waals surface area contributed by atoms with Gasteiger partial charge in [0.2, 0.25) is 10.0 Å². The van der Waals surface area contributed by atoms with Gasteiger partial charge in [0, 0.05) is 31.7 Å². The number of hydrogen-bond donors (Lipinski definition) is 0. The van der Waals surface area contributed by atoms with E-state index in [1.807, 2.05) is 42.5 Å². The molecule has 0 bridgehead atoms. The first-order chi connectivity index (χ1) is 14.5. The molecular formula is C23H26N4O2S. The zero-order valence-corrected chi connectivity index (χ0v) is 17.9. The van der Waals surface area contributed by atoms with E-state index in [1.54, 1.807) is 4.31 Å². The predicted octanol–water partition coefficient (Wildman–Crippen LogP) is 3.36. The van der Waals surface area contributed by atoms with Gasteiger partial charge in [0.25, 0.3) is 0 Å². The Kier molecular flexibility index (Phi) is 6.11. The fourth-order valence-electron chi connectivity index (χ4n) is 3.63. The van der Waals surface area contributed by atoms with Crippen LogP contribution in [0.25, 0.3) is 11.3 Å². The Balaban J connectivity index is 1.38. The highest BCUT2D eigenvalue weighted by molar-refractivity contribution is 7.88. The average molecular weight is 423 g/mol. The summed E-state index contributed by atoms with van der Waals surface area (Å²) in [5, 5.41) is 8.76. The molecule has 0 radical (unpaired) electrons. The van der Waals surface area contributed by atoms with Gasteiger partial charge in [-0.05, 0) is 29.7 Å². The summed E-state index contributed by atoms with van der Waals surface area (Å²) in [6.45, 7) is 4.25.